The van der Waals surface area contributed by atoms with Gasteiger partial charge in [0.15, 0.2) is 16.6 Å². The second kappa shape index (κ2) is 7.63. The van der Waals surface area contributed by atoms with E-state index in [1.54, 1.807) is 23.1 Å². The Kier molecular flexibility index (Phi) is 4.81. The first kappa shape index (κ1) is 18.9. The van der Waals surface area contributed by atoms with E-state index in [2.05, 4.69) is 0 Å². The molecule has 1 aromatic heterocycles. The highest BCUT2D eigenvalue weighted by atomic mass is 35.5. The van der Waals surface area contributed by atoms with Crippen LogP contribution in [0.15, 0.2) is 60.7 Å². The summed E-state index contributed by atoms with van der Waals surface area (Å²) in [6.07, 6.45) is 0. The third-order valence-electron chi connectivity index (χ3n) is 4.97. The van der Waals surface area contributed by atoms with Crippen molar-refractivity contribution in [3.05, 3.63) is 82.4 Å². The number of hydrogen-bond acceptors (Lipinski definition) is 5. The minimum atomic E-state index is -0.162. The molecule has 7 heteroatoms. The molecule has 150 valence electrons. The number of halogens is 1. The van der Waals surface area contributed by atoms with E-state index in [0.29, 0.717) is 33.8 Å². The molecular formula is C23H17ClN2O3S. The van der Waals surface area contributed by atoms with Gasteiger partial charge in [0.25, 0.3) is 5.91 Å². The molecule has 3 aromatic carbocycles. The summed E-state index contributed by atoms with van der Waals surface area (Å²) in [5.41, 5.74) is 3.36. The van der Waals surface area contributed by atoms with Crippen LogP contribution in [-0.2, 0) is 6.54 Å². The van der Waals surface area contributed by atoms with Crippen molar-refractivity contribution < 1.29 is 14.3 Å². The maximum absolute atomic E-state index is 13.6. The van der Waals surface area contributed by atoms with Gasteiger partial charge in [-0.05, 0) is 42.3 Å². The predicted octanol–water partition coefficient (Wildman–Crippen LogP) is 5.83. The third-order valence-corrected chi connectivity index (χ3v) is 6.50. The average Bonchev–Trinajstić information content (AvgIpc) is 3.42. The SMILES string of the molecule is Cc1ccc(Cl)c2sc(N(Cc3ccccc3)C(=O)c3ccc4c(c3)OCO4)nc12. The zero-order chi connectivity index (χ0) is 20.7. The van der Waals surface area contributed by atoms with E-state index in [-0.39, 0.29) is 12.7 Å². The standard InChI is InChI=1S/C23H17ClN2O3S/c1-14-7-9-17(24)21-20(14)25-23(30-21)26(12-15-5-3-2-4-6-15)22(27)16-8-10-18-19(11-16)29-13-28-18/h2-11H,12-13H2,1H3. The molecule has 1 amide bonds. The molecule has 0 unspecified atom stereocenters. The van der Waals surface area contributed by atoms with Gasteiger partial charge in [-0.3, -0.25) is 9.69 Å². The normalized spacial score (nSPS) is 12.3. The quantitative estimate of drug-likeness (QED) is 0.403. The molecule has 5 nitrogen and oxygen atoms in total. The van der Waals surface area contributed by atoms with E-state index in [0.717, 1.165) is 21.3 Å². The molecule has 1 aliphatic heterocycles. The van der Waals surface area contributed by atoms with Crippen LogP contribution in [0, 0.1) is 6.92 Å². The third kappa shape index (κ3) is 3.38. The van der Waals surface area contributed by atoms with E-state index in [1.807, 2.05) is 49.4 Å². The number of amides is 1. The molecule has 0 radical (unpaired) electrons. The van der Waals surface area contributed by atoms with Gasteiger partial charge in [0.05, 0.1) is 21.8 Å². The van der Waals surface area contributed by atoms with Gasteiger partial charge >= 0.3 is 0 Å². The molecule has 4 aromatic rings. The van der Waals surface area contributed by atoms with Crippen molar-refractivity contribution in [2.45, 2.75) is 13.5 Å². The fourth-order valence-corrected chi connectivity index (χ4v) is 4.70. The summed E-state index contributed by atoms with van der Waals surface area (Å²) >= 11 is 7.82. The molecule has 0 atom stereocenters. The number of anilines is 1. The van der Waals surface area contributed by atoms with E-state index in [4.69, 9.17) is 26.1 Å². The van der Waals surface area contributed by atoms with Gasteiger partial charge in [-0.1, -0.05) is 59.3 Å². The lowest BCUT2D eigenvalue weighted by atomic mass is 10.1. The van der Waals surface area contributed by atoms with Crippen LogP contribution in [0.5, 0.6) is 11.5 Å². The van der Waals surface area contributed by atoms with Crippen LogP contribution in [-0.4, -0.2) is 17.7 Å². The lowest BCUT2D eigenvalue weighted by molar-refractivity contribution is 0.0984. The van der Waals surface area contributed by atoms with Gasteiger partial charge in [0.1, 0.15) is 0 Å². The van der Waals surface area contributed by atoms with Gasteiger partial charge in [-0.2, -0.15) is 0 Å². The van der Waals surface area contributed by atoms with Gasteiger partial charge in [-0.25, -0.2) is 4.98 Å². The molecule has 5 rings (SSSR count). The van der Waals surface area contributed by atoms with Crippen LogP contribution >= 0.6 is 22.9 Å². The number of rotatable bonds is 4. The molecule has 0 saturated carbocycles. The zero-order valence-corrected chi connectivity index (χ0v) is 17.7. The summed E-state index contributed by atoms with van der Waals surface area (Å²) < 4.78 is 11.7. The van der Waals surface area contributed by atoms with Crippen molar-refractivity contribution in [2.75, 3.05) is 11.7 Å². The molecular weight excluding hydrogens is 420 g/mol. The lowest BCUT2D eigenvalue weighted by Crippen LogP contribution is -2.30. The van der Waals surface area contributed by atoms with Crippen LogP contribution in [0.2, 0.25) is 5.02 Å². The molecule has 1 aliphatic rings. The Bertz CT molecular complexity index is 1220. The number of carbonyl (C=O) groups excluding carboxylic acids is 1. The Balaban J connectivity index is 1.59. The molecule has 0 bridgehead atoms. The first-order chi connectivity index (χ1) is 14.6. The van der Waals surface area contributed by atoms with Crippen molar-refractivity contribution in [1.82, 2.24) is 4.98 Å². The average molecular weight is 437 g/mol. The predicted molar refractivity (Wildman–Crippen MR) is 119 cm³/mol. The van der Waals surface area contributed by atoms with Crippen molar-refractivity contribution >= 4 is 44.2 Å². The first-order valence-electron chi connectivity index (χ1n) is 9.41. The Morgan fingerprint density at radius 2 is 1.90 bits per heavy atom. The van der Waals surface area contributed by atoms with Crippen molar-refractivity contribution in [1.29, 1.82) is 0 Å². The molecule has 0 fully saturated rings. The fourth-order valence-electron chi connectivity index (χ4n) is 3.38. The van der Waals surface area contributed by atoms with Gasteiger partial charge in [-0.15, -0.1) is 0 Å². The fraction of sp³-hybridized carbons (Fsp3) is 0.130. The maximum Gasteiger partial charge on any atom is 0.260 e. The Morgan fingerprint density at radius 1 is 1.10 bits per heavy atom. The van der Waals surface area contributed by atoms with Gasteiger partial charge < -0.3 is 9.47 Å². The number of nitrogens with zero attached hydrogens (tertiary/aromatic N) is 2. The summed E-state index contributed by atoms with van der Waals surface area (Å²) in [6, 6.07) is 18.9. The van der Waals surface area contributed by atoms with Crippen LogP contribution in [0.3, 0.4) is 0 Å². The number of benzene rings is 3. The van der Waals surface area contributed by atoms with Crippen LogP contribution in [0.25, 0.3) is 10.2 Å². The number of thiazole rings is 1. The first-order valence-corrected chi connectivity index (χ1v) is 10.6. The summed E-state index contributed by atoms with van der Waals surface area (Å²) in [5.74, 6) is 1.05. The number of ether oxygens (including phenoxy) is 2. The second-order valence-corrected chi connectivity index (χ2v) is 8.37. The second-order valence-electron chi connectivity index (χ2n) is 6.98. The van der Waals surface area contributed by atoms with Gasteiger partial charge in [0, 0.05) is 5.56 Å². The monoisotopic (exact) mass is 436 g/mol. The van der Waals surface area contributed by atoms with E-state index >= 15 is 0 Å². The number of carbonyl (C=O) groups is 1. The highest BCUT2D eigenvalue weighted by molar-refractivity contribution is 7.23. The molecule has 2 heterocycles. The summed E-state index contributed by atoms with van der Waals surface area (Å²) in [5, 5.41) is 1.24. The smallest absolute Gasteiger partial charge is 0.260 e. The van der Waals surface area contributed by atoms with Gasteiger partial charge in [0.2, 0.25) is 6.79 Å². The molecule has 0 spiro atoms. The summed E-state index contributed by atoms with van der Waals surface area (Å²) in [6.45, 7) is 2.55. The highest BCUT2D eigenvalue weighted by Gasteiger charge is 2.25. The topological polar surface area (TPSA) is 51.7 Å². The van der Waals surface area contributed by atoms with Crippen molar-refractivity contribution in [2.24, 2.45) is 0 Å². The number of aromatic nitrogens is 1. The van der Waals surface area contributed by atoms with E-state index < -0.39 is 0 Å². The van der Waals surface area contributed by atoms with E-state index in [1.165, 1.54) is 11.3 Å². The largest absolute Gasteiger partial charge is 0.454 e. The van der Waals surface area contributed by atoms with Crippen molar-refractivity contribution in [3.63, 3.8) is 0 Å². The minimum Gasteiger partial charge on any atom is -0.454 e. The minimum absolute atomic E-state index is 0.162. The molecule has 0 N–H and O–H groups in total. The Hall–Kier alpha value is -3.09. The maximum atomic E-state index is 13.6. The summed E-state index contributed by atoms with van der Waals surface area (Å²) in [4.78, 5) is 20.0. The Morgan fingerprint density at radius 3 is 2.70 bits per heavy atom. The molecule has 0 aliphatic carbocycles. The lowest BCUT2D eigenvalue weighted by Gasteiger charge is -2.20. The summed E-state index contributed by atoms with van der Waals surface area (Å²) in [7, 11) is 0. The van der Waals surface area contributed by atoms with Crippen LogP contribution < -0.4 is 14.4 Å². The molecule has 30 heavy (non-hydrogen) atoms. The highest BCUT2D eigenvalue weighted by Crippen LogP contribution is 2.38. The number of aryl methyl sites for hydroxylation is 1. The van der Waals surface area contributed by atoms with Crippen molar-refractivity contribution in [3.8, 4) is 11.5 Å². The van der Waals surface area contributed by atoms with Crippen LogP contribution in [0.4, 0.5) is 5.13 Å². The Labute approximate surface area is 182 Å². The van der Waals surface area contributed by atoms with E-state index in [9.17, 15) is 4.79 Å². The number of hydrogen-bond donors (Lipinski definition) is 0. The molecule has 0 saturated heterocycles. The van der Waals surface area contributed by atoms with Crippen LogP contribution in [0.1, 0.15) is 21.5 Å². The zero-order valence-electron chi connectivity index (χ0n) is 16.1. The number of fused-ring (bicyclic) bond motifs is 2.